The maximum atomic E-state index is 15.0. The van der Waals surface area contributed by atoms with E-state index in [0.717, 1.165) is 0 Å². The van der Waals surface area contributed by atoms with Crippen molar-refractivity contribution in [1.29, 1.82) is 0 Å². The lowest BCUT2D eigenvalue weighted by Gasteiger charge is -2.06. The van der Waals surface area contributed by atoms with E-state index in [-0.39, 0.29) is 0 Å². The second-order valence-corrected chi connectivity index (χ2v) is 7.69. The van der Waals surface area contributed by atoms with Crippen molar-refractivity contribution in [2.75, 3.05) is 0 Å². The summed E-state index contributed by atoms with van der Waals surface area (Å²) in [6.45, 7) is 0. The van der Waals surface area contributed by atoms with Crippen molar-refractivity contribution in [3.8, 4) is 0 Å². The fourth-order valence-electron chi connectivity index (χ4n) is 4.11. The Morgan fingerprint density at radius 1 is 0.308 bits per heavy atom. The summed E-state index contributed by atoms with van der Waals surface area (Å²) in [6, 6.07) is 0. The molecule has 0 amide bonds. The fraction of sp³-hybridized carbons (Fsp3) is 0.143. The average Bonchev–Trinajstić information content (AvgIpc) is 3.29. The van der Waals surface area contributed by atoms with Gasteiger partial charge in [-0.1, -0.05) is 0 Å². The van der Waals surface area contributed by atoms with E-state index in [0.29, 0.717) is 0 Å². The van der Waals surface area contributed by atoms with Gasteiger partial charge in [0.15, 0.2) is 0 Å². The number of allylic oxidation sites excluding steroid dienone is 6. The first kappa shape index (κ1) is 28.4. The first-order valence-corrected chi connectivity index (χ1v) is 9.40. The highest BCUT2D eigenvalue weighted by molar-refractivity contribution is 5.92. The van der Waals surface area contributed by atoms with Crippen molar-refractivity contribution in [3.05, 3.63) is 65.5 Å². The second-order valence-electron chi connectivity index (χ2n) is 7.69. The molecule has 0 N–H and O–H groups in total. The maximum absolute atomic E-state index is 15.0. The minimum absolute atomic E-state index is 2.25. The lowest BCUT2D eigenvalue weighted by atomic mass is 10.1. The van der Waals surface area contributed by atoms with E-state index >= 15 is 0 Å². The molecule has 0 radical (unpaired) electrons. The maximum Gasteiger partial charge on any atom is 0.443 e. The van der Waals surface area contributed by atoms with Gasteiger partial charge in [0, 0.05) is 31.3 Å². The zero-order valence-corrected chi connectivity index (χ0v) is 17.3. The average molecular weight is 594 g/mol. The van der Waals surface area contributed by atoms with Crippen molar-refractivity contribution in [3.63, 3.8) is 0 Å². The predicted octanol–water partition coefficient (Wildman–Crippen LogP) is 4.55. The third kappa shape index (κ3) is 3.73. The van der Waals surface area contributed by atoms with Crippen LogP contribution in [0.15, 0.2) is 34.2 Å². The quantitative estimate of drug-likeness (QED) is 0.387. The van der Waals surface area contributed by atoms with Crippen molar-refractivity contribution in [2.45, 2.75) is 18.5 Å². The summed E-state index contributed by atoms with van der Waals surface area (Å²) in [5.41, 5.74) is -8.55. The van der Waals surface area contributed by atoms with Crippen LogP contribution in [0.5, 0.6) is 0 Å². The molecule has 18 heteroatoms. The van der Waals surface area contributed by atoms with Gasteiger partial charge in [-0.15, -0.1) is 0 Å². The Morgan fingerprint density at radius 2 is 0.436 bits per heavy atom. The van der Waals surface area contributed by atoms with Gasteiger partial charge in [-0.3, -0.25) is 0 Å². The number of rotatable bonds is 0. The molecule has 0 bridgehead atoms. The molecule has 0 saturated carbocycles. The van der Waals surface area contributed by atoms with Gasteiger partial charge >= 0.3 is 18.5 Å². The van der Waals surface area contributed by atoms with E-state index < -0.39 is 119 Å². The molecule has 3 aliphatic carbocycles. The normalized spacial score (nSPS) is 17.5. The Kier molecular flexibility index (Phi) is 5.97. The topological polar surface area (TPSA) is 0 Å². The number of hydrogen-bond donors (Lipinski definition) is 0. The summed E-state index contributed by atoms with van der Waals surface area (Å²) in [5.74, 6) is -28.6. The van der Waals surface area contributed by atoms with Crippen LogP contribution in [0.25, 0.3) is 35.0 Å². The SMILES string of the molecule is FC(=C1C(F)=c2c3c(c4c(c2=C1F)=C(F)C(=C(F)C(F)(F)F)C=4F)=C(F)C(=C(F)C(F)(F)F)C=3F)C(F)(F)F. The highest BCUT2D eigenvalue weighted by Gasteiger charge is 2.47. The van der Waals surface area contributed by atoms with Gasteiger partial charge in [-0.2, -0.15) is 39.5 Å². The summed E-state index contributed by atoms with van der Waals surface area (Å²) in [5, 5.41) is -13.5. The van der Waals surface area contributed by atoms with Crippen LogP contribution in [-0.4, -0.2) is 18.5 Å². The zero-order valence-electron chi connectivity index (χ0n) is 17.3. The highest BCUT2D eigenvalue weighted by atomic mass is 19.4. The molecule has 1 aromatic carbocycles. The molecule has 0 nitrogen and oxygen atoms in total. The van der Waals surface area contributed by atoms with Crippen LogP contribution in [0, 0.1) is 0 Å². The molecule has 0 unspecified atom stereocenters. The van der Waals surface area contributed by atoms with E-state index in [1.165, 1.54) is 0 Å². The van der Waals surface area contributed by atoms with E-state index in [1.807, 2.05) is 0 Å². The summed E-state index contributed by atoms with van der Waals surface area (Å²) >= 11 is 0. The van der Waals surface area contributed by atoms with E-state index in [4.69, 9.17) is 0 Å². The molecular weight excluding hydrogens is 594 g/mol. The molecule has 0 aromatic heterocycles. The van der Waals surface area contributed by atoms with Crippen LogP contribution < -0.4 is 31.3 Å². The van der Waals surface area contributed by atoms with Gasteiger partial charge in [0.25, 0.3) is 0 Å². The Morgan fingerprint density at radius 3 is 0.538 bits per heavy atom. The summed E-state index contributed by atoms with van der Waals surface area (Å²) in [4.78, 5) is 0. The summed E-state index contributed by atoms with van der Waals surface area (Å²) in [6.07, 6.45) is -18.8. The molecule has 0 spiro atoms. The molecule has 0 heterocycles. The number of benzene rings is 1. The molecule has 4 rings (SSSR count). The van der Waals surface area contributed by atoms with Gasteiger partial charge < -0.3 is 0 Å². The molecule has 3 aliphatic rings. The largest absolute Gasteiger partial charge is 0.443 e. The third-order valence-corrected chi connectivity index (χ3v) is 5.54. The number of halogens is 18. The van der Waals surface area contributed by atoms with E-state index in [2.05, 4.69) is 0 Å². The van der Waals surface area contributed by atoms with Crippen molar-refractivity contribution in [2.24, 2.45) is 0 Å². The van der Waals surface area contributed by atoms with Crippen molar-refractivity contribution < 1.29 is 79.0 Å². The molecule has 1 aromatic rings. The Balaban J connectivity index is 2.57. The van der Waals surface area contributed by atoms with Crippen LogP contribution in [0.2, 0.25) is 0 Å². The Hall–Kier alpha value is -3.60. The van der Waals surface area contributed by atoms with Gasteiger partial charge in [-0.05, 0) is 0 Å². The first-order valence-electron chi connectivity index (χ1n) is 9.40. The van der Waals surface area contributed by atoms with Crippen LogP contribution in [0.1, 0.15) is 0 Å². The number of hydrogen-bond acceptors (Lipinski definition) is 0. The predicted molar refractivity (Wildman–Crippen MR) is 93.9 cm³/mol. The van der Waals surface area contributed by atoms with Crippen molar-refractivity contribution >= 4 is 35.0 Å². The minimum atomic E-state index is -6.28. The standard InChI is InChI=1S/C21F18/c22-10-1-2(11(23)7(10)16(28)19(31,32)33)4-6(15(27)9(14(4)26)18(30)21(37,38)39)5-3(1)12(24)8(13(5)25)17(29)20(34,35)36. The zero-order chi connectivity index (χ0) is 29.9. The van der Waals surface area contributed by atoms with Crippen LogP contribution in [0.4, 0.5) is 79.0 Å². The molecule has 210 valence electrons. The van der Waals surface area contributed by atoms with Crippen LogP contribution >= 0.6 is 0 Å². The van der Waals surface area contributed by atoms with Crippen molar-refractivity contribution in [1.82, 2.24) is 0 Å². The molecule has 0 atom stereocenters. The third-order valence-electron chi connectivity index (χ3n) is 5.54. The first-order chi connectivity index (χ1) is 17.6. The van der Waals surface area contributed by atoms with E-state index in [9.17, 15) is 79.0 Å². The number of alkyl halides is 9. The molecule has 0 fully saturated rings. The molecule has 0 saturated heterocycles. The molecular formula is C21F18. The molecule has 0 aliphatic heterocycles. The van der Waals surface area contributed by atoms with Gasteiger partial charge in [0.2, 0.25) is 17.5 Å². The monoisotopic (exact) mass is 594 g/mol. The molecule has 39 heavy (non-hydrogen) atoms. The smallest absolute Gasteiger partial charge is 0.205 e. The second kappa shape index (κ2) is 8.20. The van der Waals surface area contributed by atoms with E-state index in [1.54, 1.807) is 0 Å². The fourth-order valence-corrected chi connectivity index (χ4v) is 4.11. The Bertz CT molecular complexity index is 1510. The summed E-state index contributed by atoms with van der Waals surface area (Å²) < 4.78 is 247. The highest BCUT2D eigenvalue weighted by Crippen LogP contribution is 2.41. The minimum Gasteiger partial charge on any atom is -0.205 e. The number of fused-ring (bicyclic) bond motifs is 6. The van der Waals surface area contributed by atoms with Gasteiger partial charge in [0.1, 0.15) is 35.0 Å². The lowest BCUT2D eigenvalue weighted by molar-refractivity contribution is -0.110. The van der Waals surface area contributed by atoms with Gasteiger partial charge in [0.05, 0.1) is 16.7 Å². The van der Waals surface area contributed by atoms with Crippen LogP contribution in [0.3, 0.4) is 0 Å². The van der Waals surface area contributed by atoms with Crippen LogP contribution in [-0.2, 0) is 0 Å². The van der Waals surface area contributed by atoms with Gasteiger partial charge in [-0.25, -0.2) is 39.5 Å². The lowest BCUT2D eigenvalue weighted by Crippen LogP contribution is -2.64. The Labute approximate surface area is 199 Å². The summed E-state index contributed by atoms with van der Waals surface area (Å²) in [7, 11) is 0.